The molecule has 0 radical (unpaired) electrons. The maximum absolute atomic E-state index is 14.1. The smallest absolute Gasteiger partial charge is 0.273 e. The molecule has 1 aromatic carbocycles. The first-order valence-electron chi connectivity index (χ1n) is 7.98. The summed E-state index contributed by atoms with van der Waals surface area (Å²) in [5.41, 5.74) is 7.03. The van der Waals surface area contributed by atoms with Gasteiger partial charge in [-0.3, -0.25) is 20.4 Å². The van der Waals surface area contributed by atoms with Crippen LogP contribution in [0, 0.1) is 26.6 Å². The number of benzene rings is 1. The summed E-state index contributed by atoms with van der Waals surface area (Å²) in [4.78, 5) is 24.5. The second kappa shape index (κ2) is 6.87. The van der Waals surface area contributed by atoms with Crippen molar-refractivity contribution in [1.82, 2.24) is 15.4 Å². The van der Waals surface area contributed by atoms with Gasteiger partial charge in [0.25, 0.3) is 11.8 Å². The van der Waals surface area contributed by atoms with Crippen LogP contribution >= 0.6 is 0 Å². The van der Waals surface area contributed by atoms with E-state index in [2.05, 4.69) is 10.9 Å². The lowest BCUT2D eigenvalue weighted by atomic mass is 10.2. The van der Waals surface area contributed by atoms with Gasteiger partial charge < -0.3 is 8.98 Å². The van der Waals surface area contributed by atoms with E-state index < -0.39 is 11.8 Å². The van der Waals surface area contributed by atoms with E-state index in [1.807, 2.05) is 0 Å². The topological polar surface area (TPSA) is 76.3 Å². The SMILES string of the molecule is Cc1occc1C(=O)NNC(=O)c1cc(C)n(-c2ccccc2F)c1C. The van der Waals surface area contributed by atoms with Gasteiger partial charge in [0.1, 0.15) is 11.6 Å². The van der Waals surface area contributed by atoms with Gasteiger partial charge in [-0.1, -0.05) is 12.1 Å². The fourth-order valence-corrected chi connectivity index (χ4v) is 2.87. The molecule has 6 nitrogen and oxygen atoms in total. The summed E-state index contributed by atoms with van der Waals surface area (Å²) in [7, 11) is 0. The Labute approximate surface area is 149 Å². The molecule has 0 aliphatic rings. The van der Waals surface area contributed by atoms with Crippen LogP contribution in [-0.4, -0.2) is 16.4 Å². The van der Waals surface area contributed by atoms with E-state index in [4.69, 9.17) is 4.42 Å². The fourth-order valence-electron chi connectivity index (χ4n) is 2.87. The van der Waals surface area contributed by atoms with Crippen molar-refractivity contribution in [2.24, 2.45) is 0 Å². The summed E-state index contributed by atoms with van der Waals surface area (Å²) in [6, 6.07) is 9.49. The summed E-state index contributed by atoms with van der Waals surface area (Å²) in [5.74, 6) is -0.901. The minimum absolute atomic E-state index is 0.335. The van der Waals surface area contributed by atoms with Crippen molar-refractivity contribution in [3.05, 3.63) is 76.8 Å². The number of carbonyl (C=O) groups is 2. The van der Waals surface area contributed by atoms with Crippen LogP contribution in [0.15, 0.2) is 47.1 Å². The molecular weight excluding hydrogens is 337 g/mol. The van der Waals surface area contributed by atoms with Crippen LogP contribution in [0.25, 0.3) is 5.69 Å². The molecule has 3 rings (SSSR count). The Balaban J connectivity index is 1.81. The standard InChI is InChI=1S/C19H18FN3O3/c1-11-10-15(12(2)23(11)17-7-5-4-6-16(17)20)19(25)22-21-18(24)14-8-9-26-13(14)3/h4-10H,1-3H3,(H,21,24)(H,22,25). The first-order valence-corrected chi connectivity index (χ1v) is 7.98. The van der Waals surface area contributed by atoms with E-state index in [1.165, 1.54) is 18.4 Å². The molecule has 0 atom stereocenters. The highest BCUT2D eigenvalue weighted by Crippen LogP contribution is 2.22. The molecule has 0 saturated carbocycles. The zero-order valence-corrected chi connectivity index (χ0v) is 14.6. The lowest BCUT2D eigenvalue weighted by Gasteiger charge is -2.11. The van der Waals surface area contributed by atoms with E-state index in [1.54, 1.807) is 49.6 Å². The summed E-state index contributed by atoms with van der Waals surface area (Å²) < 4.78 is 20.8. The number of aryl methyl sites for hydroxylation is 2. The number of rotatable bonds is 3. The highest BCUT2D eigenvalue weighted by Gasteiger charge is 2.19. The summed E-state index contributed by atoms with van der Waals surface area (Å²) in [5, 5.41) is 0. The van der Waals surface area contributed by atoms with E-state index in [-0.39, 0.29) is 5.82 Å². The van der Waals surface area contributed by atoms with Gasteiger partial charge in [-0.15, -0.1) is 0 Å². The summed E-state index contributed by atoms with van der Waals surface area (Å²) >= 11 is 0. The number of aromatic nitrogens is 1. The van der Waals surface area contributed by atoms with E-state index in [0.29, 0.717) is 34.0 Å². The molecule has 0 spiro atoms. The van der Waals surface area contributed by atoms with Gasteiger partial charge >= 0.3 is 0 Å². The third-order valence-electron chi connectivity index (χ3n) is 4.16. The first-order chi connectivity index (χ1) is 12.4. The third kappa shape index (κ3) is 3.11. The van der Waals surface area contributed by atoms with Gasteiger partial charge in [-0.25, -0.2) is 4.39 Å². The number of nitrogens with zero attached hydrogens (tertiary/aromatic N) is 1. The Hall–Kier alpha value is -3.35. The van der Waals surface area contributed by atoms with Crippen molar-refractivity contribution in [3.8, 4) is 5.69 Å². The lowest BCUT2D eigenvalue weighted by Crippen LogP contribution is -2.41. The number of hydrogen-bond donors (Lipinski definition) is 2. The predicted octanol–water partition coefficient (Wildman–Crippen LogP) is 3.21. The minimum Gasteiger partial charge on any atom is -0.469 e. The molecular formula is C19H18FN3O3. The van der Waals surface area contributed by atoms with Crippen LogP contribution in [0.1, 0.15) is 37.9 Å². The third-order valence-corrected chi connectivity index (χ3v) is 4.16. The van der Waals surface area contributed by atoms with Crippen LogP contribution in [-0.2, 0) is 0 Å². The Kier molecular flexibility index (Phi) is 4.62. The predicted molar refractivity (Wildman–Crippen MR) is 93.6 cm³/mol. The normalized spacial score (nSPS) is 10.6. The van der Waals surface area contributed by atoms with Crippen molar-refractivity contribution >= 4 is 11.8 Å². The summed E-state index contributed by atoms with van der Waals surface area (Å²) in [6.07, 6.45) is 1.40. The first kappa shape index (κ1) is 17.5. The van der Waals surface area contributed by atoms with Gasteiger partial charge in [-0.05, 0) is 45.0 Å². The van der Waals surface area contributed by atoms with E-state index in [9.17, 15) is 14.0 Å². The van der Waals surface area contributed by atoms with Crippen molar-refractivity contribution in [3.63, 3.8) is 0 Å². The number of nitrogens with one attached hydrogen (secondary N) is 2. The Morgan fingerprint density at radius 3 is 2.27 bits per heavy atom. The zero-order valence-electron chi connectivity index (χ0n) is 14.6. The maximum Gasteiger partial charge on any atom is 0.273 e. The van der Waals surface area contributed by atoms with Crippen molar-refractivity contribution in [1.29, 1.82) is 0 Å². The van der Waals surface area contributed by atoms with E-state index in [0.717, 1.165) is 0 Å². The van der Waals surface area contributed by atoms with Gasteiger partial charge in [0.05, 0.1) is 23.1 Å². The number of furan rings is 1. The number of para-hydroxylation sites is 1. The molecule has 2 amide bonds. The zero-order chi connectivity index (χ0) is 18.8. The van der Waals surface area contributed by atoms with Crippen LogP contribution in [0.4, 0.5) is 4.39 Å². The Morgan fingerprint density at radius 1 is 1.00 bits per heavy atom. The molecule has 2 heterocycles. The molecule has 0 unspecified atom stereocenters. The average molecular weight is 355 g/mol. The number of hydrazine groups is 1. The number of carbonyl (C=O) groups excluding carboxylic acids is 2. The quantitative estimate of drug-likeness (QED) is 0.709. The molecule has 0 saturated heterocycles. The lowest BCUT2D eigenvalue weighted by molar-refractivity contribution is 0.0845. The fraction of sp³-hybridized carbons (Fsp3) is 0.158. The van der Waals surface area contributed by atoms with Gasteiger partial charge in [0.15, 0.2) is 0 Å². The molecule has 26 heavy (non-hydrogen) atoms. The average Bonchev–Trinajstić information content (AvgIpc) is 3.16. The molecule has 0 bridgehead atoms. The number of hydrogen-bond acceptors (Lipinski definition) is 3. The molecule has 3 aromatic rings. The highest BCUT2D eigenvalue weighted by atomic mass is 19.1. The van der Waals surface area contributed by atoms with Gasteiger partial charge in [0, 0.05) is 11.4 Å². The van der Waals surface area contributed by atoms with Crippen molar-refractivity contribution in [2.75, 3.05) is 0 Å². The highest BCUT2D eigenvalue weighted by molar-refractivity contribution is 6.00. The van der Waals surface area contributed by atoms with Crippen LogP contribution in [0.2, 0.25) is 0 Å². The van der Waals surface area contributed by atoms with Gasteiger partial charge in [0.2, 0.25) is 0 Å². The summed E-state index contributed by atoms with van der Waals surface area (Å²) in [6.45, 7) is 5.15. The largest absolute Gasteiger partial charge is 0.469 e. The monoisotopic (exact) mass is 355 g/mol. The molecule has 2 N–H and O–H groups in total. The van der Waals surface area contributed by atoms with Crippen molar-refractivity contribution < 1.29 is 18.4 Å². The van der Waals surface area contributed by atoms with Crippen LogP contribution in [0.3, 0.4) is 0 Å². The molecule has 0 fully saturated rings. The molecule has 134 valence electrons. The maximum atomic E-state index is 14.1. The van der Waals surface area contributed by atoms with Crippen LogP contribution < -0.4 is 10.9 Å². The number of amides is 2. The minimum atomic E-state index is -0.491. The van der Waals surface area contributed by atoms with Gasteiger partial charge in [-0.2, -0.15) is 0 Å². The second-order valence-electron chi connectivity index (χ2n) is 5.87. The molecule has 0 aliphatic heterocycles. The number of halogens is 1. The second-order valence-corrected chi connectivity index (χ2v) is 5.87. The van der Waals surface area contributed by atoms with Crippen LogP contribution in [0.5, 0.6) is 0 Å². The van der Waals surface area contributed by atoms with Crippen molar-refractivity contribution in [2.45, 2.75) is 20.8 Å². The van der Waals surface area contributed by atoms with E-state index >= 15 is 0 Å². The molecule has 2 aromatic heterocycles. The molecule has 0 aliphatic carbocycles. The Bertz CT molecular complexity index is 988. The molecule has 7 heteroatoms. The Morgan fingerprint density at radius 2 is 1.65 bits per heavy atom.